The minimum Gasteiger partial charge on any atom is -0.381 e. The first kappa shape index (κ1) is 11.7. The average molecular weight is 238 g/mol. The lowest BCUT2D eigenvalue weighted by Crippen LogP contribution is -2.47. The molecule has 2 saturated heterocycles. The SMILES string of the molecule is O=C(C1CCC1)C1CCOC2(CCOCC2)C1. The maximum atomic E-state index is 12.3. The molecule has 1 saturated carbocycles. The first-order valence-corrected chi connectivity index (χ1v) is 7.05. The summed E-state index contributed by atoms with van der Waals surface area (Å²) in [6.07, 6.45) is 7.35. The number of ketones is 1. The second-order valence-electron chi connectivity index (χ2n) is 5.86. The third kappa shape index (κ3) is 2.27. The van der Waals surface area contributed by atoms with Gasteiger partial charge in [0.05, 0.1) is 5.60 Å². The fourth-order valence-electron chi connectivity index (χ4n) is 3.39. The molecular weight excluding hydrogens is 216 g/mol. The zero-order chi connectivity index (χ0) is 11.7. The van der Waals surface area contributed by atoms with Gasteiger partial charge in [-0.25, -0.2) is 0 Å². The van der Waals surface area contributed by atoms with Gasteiger partial charge in [0.1, 0.15) is 5.78 Å². The number of ether oxygens (including phenoxy) is 2. The molecule has 3 rings (SSSR count). The van der Waals surface area contributed by atoms with Gasteiger partial charge in [-0.05, 0) is 38.5 Å². The molecule has 3 nitrogen and oxygen atoms in total. The quantitative estimate of drug-likeness (QED) is 0.740. The van der Waals surface area contributed by atoms with Gasteiger partial charge in [-0.2, -0.15) is 0 Å². The topological polar surface area (TPSA) is 35.5 Å². The molecule has 0 radical (unpaired) electrons. The van der Waals surface area contributed by atoms with Crippen LogP contribution in [0.1, 0.15) is 44.9 Å². The maximum Gasteiger partial charge on any atom is 0.139 e. The molecule has 0 aromatic carbocycles. The Hall–Kier alpha value is -0.410. The number of Topliss-reactive ketones (excluding diaryl/α,β-unsaturated/α-hetero) is 1. The summed E-state index contributed by atoms with van der Waals surface area (Å²) < 4.78 is 11.4. The molecule has 0 bridgehead atoms. The second kappa shape index (κ2) is 4.69. The van der Waals surface area contributed by atoms with E-state index in [9.17, 15) is 4.79 Å². The molecule has 2 heterocycles. The highest BCUT2D eigenvalue weighted by atomic mass is 16.5. The van der Waals surface area contributed by atoms with E-state index in [0.29, 0.717) is 11.7 Å². The van der Waals surface area contributed by atoms with E-state index in [4.69, 9.17) is 9.47 Å². The predicted octanol–water partition coefficient (Wildman–Crippen LogP) is 2.33. The van der Waals surface area contributed by atoms with Crippen molar-refractivity contribution in [2.75, 3.05) is 19.8 Å². The van der Waals surface area contributed by atoms with Crippen LogP contribution in [0.5, 0.6) is 0 Å². The predicted molar refractivity (Wildman–Crippen MR) is 63.8 cm³/mol. The van der Waals surface area contributed by atoms with E-state index in [0.717, 1.165) is 58.3 Å². The summed E-state index contributed by atoms with van der Waals surface area (Å²) in [6, 6.07) is 0. The number of hydrogen-bond acceptors (Lipinski definition) is 3. The van der Waals surface area contributed by atoms with Gasteiger partial charge in [-0.3, -0.25) is 4.79 Å². The summed E-state index contributed by atoms with van der Waals surface area (Å²) in [5, 5.41) is 0. The van der Waals surface area contributed by atoms with Crippen LogP contribution in [-0.4, -0.2) is 31.2 Å². The van der Waals surface area contributed by atoms with Gasteiger partial charge in [0.25, 0.3) is 0 Å². The molecule has 2 aliphatic heterocycles. The first-order valence-electron chi connectivity index (χ1n) is 7.05. The van der Waals surface area contributed by atoms with Gasteiger partial charge in [0.15, 0.2) is 0 Å². The standard InChI is InChI=1S/C14H22O3/c15-13(11-2-1-3-11)12-4-7-17-14(10-12)5-8-16-9-6-14/h11-12H,1-10H2. The number of rotatable bonds is 2. The second-order valence-corrected chi connectivity index (χ2v) is 5.86. The summed E-state index contributed by atoms with van der Waals surface area (Å²) in [5.74, 6) is 1.19. The highest BCUT2D eigenvalue weighted by molar-refractivity contribution is 5.84. The molecule has 1 unspecified atom stereocenters. The highest BCUT2D eigenvalue weighted by Gasteiger charge is 2.43. The third-order valence-electron chi connectivity index (χ3n) is 4.81. The van der Waals surface area contributed by atoms with Crippen molar-refractivity contribution in [3.05, 3.63) is 0 Å². The highest BCUT2D eigenvalue weighted by Crippen LogP contribution is 2.40. The molecule has 0 aromatic rings. The lowest BCUT2D eigenvalue weighted by molar-refractivity contribution is -0.160. The Kier molecular flexibility index (Phi) is 3.22. The van der Waals surface area contributed by atoms with Gasteiger partial charge >= 0.3 is 0 Å². The number of hydrogen-bond donors (Lipinski definition) is 0. The fraction of sp³-hybridized carbons (Fsp3) is 0.929. The molecule has 3 heteroatoms. The van der Waals surface area contributed by atoms with Crippen molar-refractivity contribution in [3.63, 3.8) is 0 Å². The molecule has 3 fully saturated rings. The van der Waals surface area contributed by atoms with E-state index in [-0.39, 0.29) is 11.5 Å². The van der Waals surface area contributed by atoms with E-state index in [1.165, 1.54) is 6.42 Å². The van der Waals surface area contributed by atoms with Crippen LogP contribution >= 0.6 is 0 Å². The van der Waals surface area contributed by atoms with Crippen LogP contribution in [0.2, 0.25) is 0 Å². The Morgan fingerprint density at radius 1 is 1.00 bits per heavy atom. The lowest BCUT2D eigenvalue weighted by Gasteiger charge is -2.44. The van der Waals surface area contributed by atoms with E-state index in [2.05, 4.69) is 0 Å². The van der Waals surface area contributed by atoms with Crippen molar-refractivity contribution in [3.8, 4) is 0 Å². The molecule has 1 spiro atoms. The number of carbonyl (C=O) groups excluding carboxylic acids is 1. The van der Waals surface area contributed by atoms with Gasteiger partial charge in [-0.15, -0.1) is 0 Å². The van der Waals surface area contributed by atoms with Crippen LogP contribution < -0.4 is 0 Å². The van der Waals surface area contributed by atoms with E-state index >= 15 is 0 Å². The molecule has 3 aliphatic rings. The Labute approximate surface area is 103 Å². The van der Waals surface area contributed by atoms with Gasteiger partial charge < -0.3 is 9.47 Å². The summed E-state index contributed by atoms with van der Waals surface area (Å²) in [7, 11) is 0. The minimum atomic E-state index is -0.0272. The Morgan fingerprint density at radius 2 is 1.76 bits per heavy atom. The average Bonchev–Trinajstić information content (AvgIpc) is 2.28. The molecule has 17 heavy (non-hydrogen) atoms. The van der Waals surface area contributed by atoms with Crippen molar-refractivity contribution in [2.45, 2.75) is 50.5 Å². The molecule has 1 aliphatic carbocycles. The van der Waals surface area contributed by atoms with E-state index in [1.54, 1.807) is 0 Å². The monoisotopic (exact) mass is 238 g/mol. The van der Waals surface area contributed by atoms with Crippen LogP contribution in [0.25, 0.3) is 0 Å². The smallest absolute Gasteiger partial charge is 0.139 e. The zero-order valence-corrected chi connectivity index (χ0v) is 10.5. The third-order valence-corrected chi connectivity index (χ3v) is 4.81. The molecular formula is C14H22O3. The fourth-order valence-corrected chi connectivity index (χ4v) is 3.39. The number of carbonyl (C=O) groups is 1. The Morgan fingerprint density at radius 3 is 2.41 bits per heavy atom. The van der Waals surface area contributed by atoms with Crippen molar-refractivity contribution in [1.82, 2.24) is 0 Å². The molecule has 1 atom stereocenters. The van der Waals surface area contributed by atoms with Gasteiger partial charge in [0, 0.05) is 31.7 Å². The van der Waals surface area contributed by atoms with Crippen LogP contribution in [0.4, 0.5) is 0 Å². The van der Waals surface area contributed by atoms with Gasteiger partial charge in [0.2, 0.25) is 0 Å². The summed E-state index contributed by atoms with van der Waals surface area (Å²) in [5.41, 5.74) is -0.0272. The Bertz CT molecular complexity index is 284. The molecule has 96 valence electrons. The van der Waals surface area contributed by atoms with Crippen LogP contribution in [0.15, 0.2) is 0 Å². The van der Waals surface area contributed by atoms with Gasteiger partial charge in [-0.1, -0.05) is 6.42 Å². The normalized spacial score (nSPS) is 33.3. The van der Waals surface area contributed by atoms with Crippen molar-refractivity contribution < 1.29 is 14.3 Å². The van der Waals surface area contributed by atoms with Crippen molar-refractivity contribution in [1.29, 1.82) is 0 Å². The largest absolute Gasteiger partial charge is 0.381 e. The summed E-state index contributed by atoms with van der Waals surface area (Å²) >= 11 is 0. The maximum absolute atomic E-state index is 12.3. The molecule has 0 amide bonds. The summed E-state index contributed by atoms with van der Waals surface area (Å²) in [4.78, 5) is 12.3. The van der Waals surface area contributed by atoms with Crippen molar-refractivity contribution in [2.24, 2.45) is 11.8 Å². The lowest BCUT2D eigenvalue weighted by atomic mass is 9.72. The molecule has 0 aromatic heterocycles. The van der Waals surface area contributed by atoms with Crippen LogP contribution in [0, 0.1) is 11.8 Å². The van der Waals surface area contributed by atoms with Crippen LogP contribution in [0.3, 0.4) is 0 Å². The zero-order valence-electron chi connectivity index (χ0n) is 10.5. The minimum absolute atomic E-state index is 0.0272. The Balaban J connectivity index is 1.64. The first-order chi connectivity index (χ1) is 8.29. The van der Waals surface area contributed by atoms with E-state index < -0.39 is 0 Å². The van der Waals surface area contributed by atoms with Crippen molar-refractivity contribution >= 4 is 5.78 Å². The van der Waals surface area contributed by atoms with E-state index in [1.807, 2.05) is 0 Å². The molecule has 0 N–H and O–H groups in total. The summed E-state index contributed by atoms with van der Waals surface area (Å²) in [6.45, 7) is 2.36. The van der Waals surface area contributed by atoms with Crippen LogP contribution in [-0.2, 0) is 14.3 Å².